The van der Waals surface area contributed by atoms with E-state index in [2.05, 4.69) is 11.4 Å². The topological polar surface area (TPSA) is 71.3 Å². The number of amides is 1. The molecule has 5 nitrogen and oxygen atoms in total. The van der Waals surface area contributed by atoms with E-state index in [1.807, 2.05) is 6.92 Å². The molecule has 0 atom stereocenters. The van der Waals surface area contributed by atoms with Gasteiger partial charge in [0.05, 0.1) is 17.6 Å². The zero-order chi connectivity index (χ0) is 20.0. The molecule has 0 aromatic heterocycles. The Labute approximate surface area is 164 Å². The number of nitriles is 1. The van der Waals surface area contributed by atoms with Gasteiger partial charge in [0.2, 0.25) is 5.91 Å². The van der Waals surface area contributed by atoms with E-state index < -0.39 is 11.2 Å². The van der Waals surface area contributed by atoms with Gasteiger partial charge >= 0.3 is 0 Å². The van der Waals surface area contributed by atoms with Crippen LogP contribution < -0.4 is 10.1 Å². The van der Waals surface area contributed by atoms with E-state index >= 15 is 0 Å². The van der Waals surface area contributed by atoms with Gasteiger partial charge in [-0.1, -0.05) is 25.1 Å². The maximum Gasteiger partial charge on any atom is 0.235 e. The fourth-order valence-corrected chi connectivity index (χ4v) is 3.47. The summed E-state index contributed by atoms with van der Waals surface area (Å²) >= 11 is 0. The number of nitrogens with one attached hydrogen (secondary N) is 1. The highest BCUT2D eigenvalue weighted by Gasteiger charge is 2.43. The number of rotatable bonds is 6. The molecule has 0 saturated carbocycles. The quantitative estimate of drug-likeness (QED) is 0.814. The minimum atomic E-state index is -1.01. The Kier molecular flexibility index (Phi) is 6.27. The van der Waals surface area contributed by atoms with Gasteiger partial charge in [-0.3, -0.25) is 4.79 Å². The molecular weight excluding hydrogens is 359 g/mol. The molecule has 1 fully saturated rings. The molecule has 28 heavy (non-hydrogen) atoms. The van der Waals surface area contributed by atoms with Crippen molar-refractivity contribution in [2.45, 2.75) is 31.6 Å². The minimum Gasteiger partial charge on any atom is -0.492 e. The lowest BCUT2D eigenvalue weighted by molar-refractivity contribution is -0.125. The average molecular weight is 382 g/mol. The van der Waals surface area contributed by atoms with Crippen LogP contribution >= 0.6 is 0 Å². The largest absolute Gasteiger partial charge is 0.492 e. The first-order valence-corrected chi connectivity index (χ1v) is 9.42. The first-order valence-electron chi connectivity index (χ1n) is 9.42. The highest BCUT2D eigenvalue weighted by Crippen LogP contribution is 2.37. The normalized spacial score (nSPS) is 15.5. The average Bonchev–Trinajstić information content (AvgIpc) is 2.73. The lowest BCUT2D eigenvalue weighted by Gasteiger charge is -2.36. The molecule has 0 aliphatic carbocycles. The SMILES string of the molecule is CCCOc1ccc(NC(=O)C2(c3ccccc3F)CCOCC2)cc1C#N. The van der Waals surface area contributed by atoms with Crippen molar-refractivity contribution in [1.82, 2.24) is 0 Å². The van der Waals surface area contributed by atoms with Gasteiger partial charge in [-0.15, -0.1) is 0 Å². The maximum atomic E-state index is 14.5. The minimum absolute atomic E-state index is 0.299. The first-order chi connectivity index (χ1) is 13.6. The Morgan fingerprint density at radius 3 is 2.71 bits per heavy atom. The number of ether oxygens (including phenoxy) is 2. The second-order valence-electron chi connectivity index (χ2n) is 6.80. The predicted molar refractivity (Wildman–Crippen MR) is 104 cm³/mol. The van der Waals surface area contributed by atoms with Crippen LogP contribution in [0.4, 0.5) is 10.1 Å². The monoisotopic (exact) mass is 382 g/mol. The molecule has 0 spiro atoms. The summed E-state index contributed by atoms with van der Waals surface area (Å²) in [6.45, 7) is 3.26. The van der Waals surface area contributed by atoms with Crippen molar-refractivity contribution in [3.8, 4) is 11.8 Å². The highest BCUT2D eigenvalue weighted by molar-refractivity contribution is 5.99. The molecule has 2 aromatic rings. The fraction of sp³-hybridized carbons (Fsp3) is 0.364. The number of hydrogen-bond acceptors (Lipinski definition) is 4. The van der Waals surface area contributed by atoms with E-state index in [4.69, 9.17) is 9.47 Å². The van der Waals surface area contributed by atoms with Crippen molar-refractivity contribution in [3.63, 3.8) is 0 Å². The fourth-order valence-electron chi connectivity index (χ4n) is 3.47. The Bertz CT molecular complexity index is 886. The van der Waals surface area contributed by atoms with Crippen LogP contribution in [0.3, 0.4) is 0 Å². The third-order valence-corrected chi connectivity index (χ3v) is 4.99. The highest BCUT2D eigenvalue weighted by atomic mass is 19.1. The molecule has 146 valence electrons. The van der Waals surface area contributed by atoms with Crippen molar-refractivity contribution < 1.29 is 18.7 Å². The molecule has 1 aliphatic rings. The van der Waals surface area contributed by atoms with Crippen molar-refractivity contribution in [2.75, 3.05) is 25.1 Å². The summed E-state index contributed by atoms with van der Waals surface area (Å²) in [5.41, 5.74) is 0.193. The summed E-state index contributed by atoms with van der Waals surface area (Å²) in [7, 11) is 0. The summed E-state index contributed by atoms with van der Waals surface area (Å²) < 4.78 is 25.5. The van der Waals surface area contributed by atoms with E-state index in [0.717, 1.165) is 6.42 Å². The molecule has 1 saturated heterocycles. The van der Waals surface area contributed by atoms with Crippen LogP contribution in [0.25, 0.3) is 0 Å². The van der Waals surface area contributed by atoms with Crippen LogP contribution in [-0.4, -0.2) is 25.7 Å². The van der Waals surface area contributed by atoms with E-state index in [1.54, 1.807) is 36.4 Å². The first kappa shape index (κ1) is 19.8. The van der Waals surface area contributed by atoms with Gasteiger partial charge in [0.25, 0.3) is 0 Å². The zero-order valence-electron chi connectivity index (χ0n) is 15.8. The van der Waals surface area contributed by atoms with E-state index in [0.29, 0.717) is 55.2 Å². The molecule has 2 aromatic carbocycles. The summed E-state index contributed by atoms with van der Waals surface area (Å²) in [5.74, 6) is -0.218. The Balaban J connectivity index is 1.89. The zero-order valence-corrected chi connectivity index (χ0v) is 15.8. The molecule has 0 unspecified atom stereocenters. The van der Waals surface area contributed by atoms with Crippen LogP contribution in [0, 0.1) is 17.1 Å². The number of carbonyl (C=O) groups excluding carboxylic acids is 1. The molecular formula is C22H23FN2O3. The molecule has 0 radical (unpaired) electrons. The summed E-state index contributed by atoms with van der Waals surface area (Å²) in [6, 6.07) is 13.4. The van der Waals surface area contributed by atoms with E-state index in [-0.39, 0.29) is 5.91 Å². The molecule has 0 bridgehead atoms. The van der Waals surface area contributed by atoms with Crippen LogP contribution in [-0.2, 0) is 14.9 Å². The van der Waals surface area contributed by atoms with Gasteiger partial charge in [0, 0.05) is 24.5 Å². The summed E-state index contributed by atoms with van der Waals surface area (Å²) in [6.07, 6.45) is 1.61. The van der Waals surface area contributed by atoms with E-state index in [9.17, 15) is 14.4 Å². The lowest BCUT2D eigenvalue weighted by Crippen LogP contribution is -2.45. The standard InChI is InChI=1S/C22H23FN2O3/c1-2-11-28-20-8-7-17(14-16(20)15-24)25-21(26)22(9-12-27-13-10-22)18-5-3-4-6-19(18)23/h3-8,14H,2,9-13H2,1H3,(H,25,26). The summed E-state index contributed by atoms with van der Waals surface area (Å²) in [4.78, 5) is 13.3. The molecule has 1 aliphatic heterocycles. The number of halogens is 1. The number of carbonyl (C=O) groups is 1. The van der Waals surface area contributed by atoms with Gasteiger partial charge in [-0.05, 0) is 43.5 Å². The number of nitrogens with zero attached hydrogens (tertiary/aromatic N) is 1. The Morgan fingerprint density at radius 2 is 2.04 bits per heavy atom. The summed E-state index contributed by atoms with van der Waals surface area (Å²) in [5, 5.41) is 12.2. The van der Waals surface area contributed by atoms with Gasteiger partial charge < -0.3 is 14.8 Å². The van der Waals surface area contributed by atoms with Gasteiger partial charge in [-0.2, -0.15) is 5.26 Å². The molecule has 1 heterocycles. The van der Waals surface area contributed by atoms with Crippen LogP contribution in [0.5, 0.6) is 5.75 Å². The van der Waals surface area contributed by atoms with Gasteiger partial charge in [0.15, 0.2) is 0 Å². The van der Waals surface area contributed by atoms with Gasteiger partial charge in [-0.25, -0.2) is 4.39 Å². The van der Waals surface area contributed by atoms with Gasteiger partial charge in [0.1, 0.15) is 17.6 Å². The van der Waals surface area contributed by atoms with Crippen molar-refractivity contribution in [2.24, 2.45) is 0 Å². The number of benzene rings is 2. The van der Waals surface area contributed by atoms with Crippen molar-refractivity contribution >= 4 is 11.6 Å². The second kappa shape index (κ2) is 8.85. The number of anilines is 1. The van der Waals surface area contributed by atoms with E-state index in [1.165, 1.54) is 6.07 Å². The maximum absolute atomic E-state index is 14.5. The molecule has 1 amide bonds. The third-order valence-electron chi connectivity index (χ3n) is 4.99. The van der Waals surface area contributed by atoms with Crippen molar-refractivity contribution in [1.29, 1.82) is 5.26 Å². The van der Waals surface area contributed by atoms with Crippen molar-refractivity contribution in [3.05, 3.63) is 59.4 Å². The lowest BCUT2D eigenvalue weighted by atomic mass is 9.73. The molecule has 1 N–H and O–H groups in total. The van der Waals surface area contributed by atoms with Crippen LogP contribution in [0.1, 0.15) is 37.3 Å². The molecule has 6 heteroatoms. The third kappa shape index (κ3) is 4.00. The van der Waals surface area contributed by atoms with Crippen LogP contribution in [0.15, 0.2) is 42.5 Å². The Morgan fingerprint density at radius 1 is 1.29 bits per heavy atom. The second-order valence-corrected chi connectivity index (χ2v) is 6.80. The smallest absolute Gasteiger partial charge is 0.235 e. The van der Waals surface area contributed by atoms with Crippen LogP contribution in [0.2, 0.25) is 0 Å². The Hall–Kier alpha value is -2.91. The predicted octanol–water partition coefficient (Wildman–Crippen LogP) is 4.17. The molecule has 3 rings (SSSR count). The number of hydrogen-bond donors (Lipinski definition) is 1.